The van der Waals surface area contributed by atoms with E-state index in [9.17, 15) is 13.2 Å². The van der Waals surface area contributed by atoms with Crippen molar-refractivity contribution in [3.63, 3.8) is 0 Å². The molecule has 2 N–H and O–H groups in total. The van der Waals surface area contributed by atoms with Crippen LogP contribution in [0.4, 0.5) is 11.4 Å². The molecule has 1 heterocycles. The minimum atomic E-state index is -3.62. The lowest BCUT2D eigenvalue weighted by Crippen LogP contribution is -2.12. The van der Waals surface area contributed by atoms with Gasteiger partial charge in [0.2, 0.25) is 5.91 Å². The Morgan fingerprint density at radius 2 is 1.95 bits per heavy atom. The number of nitrogens with one attached hydrogen (secondary N) is 2. The molecule has 0 aliphatic rings. The molecule has 0 atom stereocenters. The van der Waals surface area contributed by atoms with Gasteiger partial charge < -0.3 is 5.32 Å². The number of halogens is 1. The number of hydrogen-bond acceptors (Lipinski definition) is 4. The molecule has 1 aromatic carbocycles. The summed E-state index contributed by atoms with van der Waals surface area (Å²) >= 11 is 7.19. The van der Waals surface area contributed by atoms with Gasteiger partial charge in [-0.2, -0.15) is 0 Å². The van der Waals surface area contributed by atoms with Gasteiger partial charge in [0.15, 0.2) is 0 Å². The van der Waals surface area contributed by atoms with E-state index in [2.05, 4.69) is 10.0 Å². The fraction of sp³-hybridized carbons (Fsp3) is 0.154. The highest BCUT2D eigenvalue weighted by Gasteiger charge is 2.16. The second kappa shape index (κ2) is 6.05. The smallest absolute Gasteiger partial charge is 0.271 e. The Balaban J connectivity index is 2.24. The molecule has 0 saturated heterocycles. The Hall–Kier alpha value is -1.57. The van der Waals surface area contributed by atoms with Gasteiger partial charge in [0, 0.05) is 11.8 Å². The van der Waals surface area contributed by atoms with Gasteiger partial charge in [-0.25, -0.2) is 8.42 Å². The van der Waals surface area contributed by atoms with Crippen LogP contribution in [-0.4, -0.2) is 14.3 Å². The SMILES string of the molecule is CC(=O)Nc1ccc(NS(=O)(=O)c2ccc(C)s2)cc1Cl. The van der Waals surface area contributed by atoms with E-state index in [1.807, 2.05) is 6.92 Å². The maximum atomic E-state index is 12.2. The monoisotopic (exact) mass is 344 g/mol. The molecule has 112 valence electrons. The summed E-state index contributed by atoms with van der Waals surface area (Å²) in [6.07, 6.45) is 0. The molecule has 0 saturated carbocycles. The normalized spacial score (nSPS) is 11.2. The van der Waals surface area contributed by atoms with Crippen LogP contribution in [0.2, 0.25) is 5.02 Å². The minimum Gasteiger partial charge on any atom is -0.325 e. The standard InChI is InChI=1S/C13H13ClN2O3S2/c1-8-3-6-13(20-8)21(18,19)16-10-4-5-12(11(14)7-10)15-9(2)17/h3-7,16H,1-2H3,(H,15,17). The van der Waals surface area contributed by atoms with Gasteiger partial charge in [-0.3, -0.25) is 9.52 Å². The predicted octanol–water partition coefficient (Wildman–Crippen LogP) is 3.47. The van der Waals surface area contributed by atoms with Crippen LogP contribution in [-0.2, 0) is 14.8 Å². The van der Waals surface area contributed by atoms with Gasteiger partial charge in [0.1, 0.15) is 4.21 Å². The summed E-state index contributed by atoms with van der Waals surface area (Å²) in [5, 5.41) is 2.81. The molecule has 2 rings (SSSR count). The first-order valence-corrected chi connectivity index (χ1v) is 8.62. The van der Waals surface area contributed by atoms with Crippen LogP contribution in [0.15, 0.2) is 34.5 Å². The lowest BCUT2D eigenvalue weighted by Gasteiger charge is -2.09. The van der Waals surface area contributed by atoms with Crippen LogP contribution < -0.4 is 10.0 Å². The number of rotatable bonds is 4. The van der Waals surface area contributed by atoms with E-state index in [0.717, 1.165) is 4.88 Å². The molecule has 0 bridgehead atoms. The first kappa shape index (κ1) is 15.8. The molecule has 21 heavy (non-hydrogen) atoms. The summed E-state index contributed by atoms with van der Waals surface area (Å²) in [4.78, 5) is 11.9. The number of carbonyl (C=O) groups is 1. The lowest BCUT2D eigenvalue weighted by molar-refractivity contribution is -0.114. The highest BCUT2D eigenvalue weighted by Crippen LogP contribution is 2.28. The number of aryl methyl sites for hydroxylation is 1. The summed E-state index contributed by atoms with van der Waals surface area (Å²) < 4.78 is 27.0. The maximum Gasteiger partial charge on any atom is 0.271 e. The molecule has 0 spiro atoms. The molecule has 5 nitrogen and oxygen atoms in total. The molecule has 0 aliphatic carbocycles. The van der Waals surface area contributed by atoms with Gasteiger partial charge >= 0.3 is 0 Å². The number of benzene rings is 1. The Labute approximate surface area is 132 Å². The summed E-state index contributed by atoms with van der Waals surface area (Å²) in [6.45, 7) is 3.20. The summed E-state index contributed by atoms with van der Waals surface area (Å²) in [5.41, 5.74) is 0.763. The molecule has 0 unspecified atom stereocenters. The zero-order valence-corrected chi connectivity index (χ0v) is 13.7. The Kier molecular flexibility index (Phi) is 4.55. The third kappa shape index (κ3) is 3.96. The van der Waals surface area contributed by atoms with Crippen LogP contribution in [0.5, 0.6) is 0 Å². The van der Waals surface area contributed by atoms with E-state index in [1.54, 1.807) is 18.2 Å². The van der Waals surface area contributed by atoms with E-state index in [-0.39, 0.29) is 15.1 Å². The Morgan fingerprint density at radius 3 is 2.48 bits per heavy atom. The summed E-state index contributed by atoms with van der Waals surface area (Å²) in [7, 11) is -3.62. The Morgan fingerprint density at radius 1 is 1.24 bits per heavy atom. The molecule has 0 fully saturated rings. The lowest BCUT2D eigenvalue weighted by atomic mass is 10.3. The quantitative estimate of drug-likeness (QED) is 0.891. The Bertz CT molecular complexity index is 784. The fourth-order valence-corrected chi connectivity index (χ4v) is 4.19. The topological polar surface area (TPSA) is 75.3 Å². The zero-order valence-electron chi connectivity index (χ0n) is 11.3. The molecular weight excluding hydrogens is 332 g/mol. The van der Waals surface area contributed by atoms with Gasteiger partial charge in [0.25, 0.3) is 10.0 Å². The van der Waals surface area contributed by atoms with Crippen molar-refractivity contribution in [2.45, 2.75) is 18.1 Å². The van der Waals surface area contributed by atoms with Crippen LogP contribution in [0.1, 0.15) is 11.8 Å². The second-order valence-electron chi connectivity index (χ2n) is 4.35. The number of thiophene rings is 1. The average molecular weight is 345 g/mol. The first-order chi connectivity index (χ1) is 9.78. The first-order valence-electron chi connectivity index (χ1n) is 5.94. The molecule has 2 aromatic rings. The molecule has 1 amide bonds. The number of amides is 1. The van der Waals surface area contributed by atoms with Crippen molar-refractivity contribution in [2.75, 3.05) is 10.0 Å². The molecule has 1 aromatic heterocycles. The third-order valence-electron chi connectivity index (χ3n) is 2.51. The molecule has 8 heteroatoms. The van der Waals surface area contributed by atoms with Crippen molar-refractivity contribution in [3.8, 4) is 0 Å². The number of sulfonamides is 1. The minimum absolute atomic E-state index is 0.238. The van der Waals surface area contributed by atoms with Crippen molar-refractivity contribution < 1.29 is 13.2 Å². The second-order valence-corrected chi connectivity index (χ2v) is 7.95. The average Bonchev–Trinajstić information content (AvgIpc) is 2.79. The van der Waals surface area contributed by atoms with Crippen molar-refractivity contribution in [1.29, 1.82) is 0 Å². The van der Waals surface area contributed by atoms with Gasteiger partial charge in [-0.05, 0) is 37.3 Å². The van der Waals surface area contributed by atoms with Crippen molar-refractivity contribution in [3.05, 3.63) is 40.2 Å². The molecule has 0 aliphatic heterocycles. The van der Waals surface area contributed by atoms with E-state index >= 15 is 0 Å². The van der Waals surface area contributed by atoms with Gasteiger partial charge in [-0.15, -0.1) is 11.3 Å². The largest absolute Gasteiger partial charge is 0.325 e. The highest BCUT2D eigenvalue weighted by atomic mass is 35.5. The number of anilines is 2. The molecular formula is C13H13ClN2O3S2. The summed E-state index contributed by atoms with van der Waals surface area (Å²) in [5.74, 6) is -0.251. The fourth-order valence-electron chi connectivity index (χ4n) is 1.63. The maximum absolute atomic E-state index is 12.2. The zero-order chi connectivity index (χ0) is 15.6. The van der Waals surface area contributed by atoms with Gasteiger partial charge in [-0.1, -0.05) is 11.6 Å². The predicted molar refractivity (Wildman–Crippen MR) is 85.6 cm³/mol. The van der Waals surface area contributed by atoms with E-state index in [4.69, 9.17) is 11.6 Å². The van der Waals surface area contributed by atoms with Crippen LogP contribution in [0.25, 0.3) is 0 Å². The van der Waals surface area contributed by atoms with Crippen molar-refractivity contribution in [2.24, 2.45) is 0 Å². The highest BCUT2D eigenvalue weighted by molar-refractivity contribution is 7.94. The van der Waals surface area contributed by atoms with Crippen LogP contribution in [0, 0.1) is 6.92 Å². The van der Waals surface area contributed by atoms with Crippen molar-refractivity contribution in [1.82, 2.24) is 0 Å². The van der Waals surface area contributed by atoms with Crippen LogP contribution in [0.3, 0.4) is 0 Å². The number of hydrogen-bond donors (Lipinski definition) is 2. The third-order valence-corrected chi connectivity index (χ3v) is 5.70. The van der Waals surface area contributed by atoms with E-state index < -0.39 is 10.0 Å². The molecule has 0 radical (unpaired) electrons. The van der Waals surface area contributed by atoms with E-state index in [1.165, 1.54) is 30.4 Å². The van der Waals surface area contributed by atoms with E-state index in [0.29, 0.717) is 11.4 Å². The van der Waals surface area contributed by atoms with Crippen molar-refractivity contribution >= 4 is 50.2 Å². The summed E-state index contributed by atoms with van der Waals surface area (Å²) in [6, 6.07) is 7.82. The van der Waals surface area contributed by atoms with Crippen LogP contribution >= 0.6 is 22.9 Å². The number of carbonyl (C=O) groups excluding carboxylic acids is 1. The van der Waals surface area contributed by atoms with Gasteiger partial charge in [0.05, 0.1) is 16.4 Å².